The lowest BCUT2D eigenvalue weighted by Crippen LogP contribution is -2.43. The molecule has 0 fully saturated rings. The van der Waals surface area contributed by atoms with Crippen LogP contribution in [0.1, 0.15) is 0 Å². The van der Waals surface area contributed by atoms with Crippen molar-refractivity contribution in [2.75, 3.05) is 13.3 Å². The Morgan fingerprint density at radius 1 is 1.47 bits per heavy atom. The van der Waals surface area contributed by atoms with Gasteiger partial charge in [-0.15, -0.1) is 0 Å². The first-order valence-corrected chi connectivity index (χ1v) is 7.29. The van der Waals surface area contributed by atoms with E-state index in [9.17, 15) is 9.46 Å². The number of rotatable bonds is 3. The number of aliphatic hydroxyl groups is 1. The molecule has 1 N–H and O–H groups in total. The van der Waals surface area contributed by atoms with Crippen molar-refractivity contribution in [2.24, 2.45) is 0 Å². The fraction of sp³-hybridized carbons (Fsp3) is 0.273. The minimum absolute atomic E-state index is 0.0810. The summed E-state index contributed by atoms with van der Waals surface area (Å²) in [6, 6.07) is 7.06. The fourth-order valence-electron chi connectivity index (χ4n) is 1.70. The quantitative estimate of drug-likeness (QED) is 0.585. The number of hydrogen-bond acceptors (Lipinski definition) is 4. The van der Waals surface area contributed by atoms with Gasteiger partial charge in [-0.05, 0) is 12.7 Å². The molecule has 1 unspecified atom stereocenters. The molecule has 0 amide bonds. The van der Waals surface area contributed by atoms with E-state index in [1.807, 2.05) is 0 Å². The molecule has 0 saturated heterocycles. The number of hydrogen-bond donors (Lipinski definition) is 1. The third-order valence-electron chi connectivity index (χ3n) is 2.45. The summed E-state index contributed by atoms with van der Waals surface area (Å²) in [5.74, 6) is 0. The van der Waals surface area contributed by atoms with E-state index in [2.05, 4.69) is 5.10 Å². The average molecular weight is 252 g/mol. The highest BCUT2D eigenvalue weighted by atomic mass is 31.2. The highest BCUT2D eigenvalue weighted by Gasteiger charge is 2.16. The van der Waals surface area contributed by atoms with Crippen molar-refractivity contribution in [3.05, 3.63) is 30.5 Å². The Balaban J connectivity index is 2.74. The Labute approximate surface area is 98.8 Å². The number of nitrogens with zero attached hydrogens (tertiary/aromatic N) is 2. The van der Waals surface area contributed by atoms with Crippen LogP contribution in [0, 0.1) is 0 Å². The highest BCUT2D eigenvalue weighted by molar-refractivity contribution is 7.64. The van der Waals surface area contributed by atoms with Crippen LogP contribution in [0.15, 0.2) is 30.5 Å². The molecular weight excluding hydrogens is 239 g/mol. The van der Waals surface area contributed by atoms with Gasteiger partial charge in [0.2, 0.25) is 6.20 Å². The smallest absolute Gasteiger partial charge is 0.206 e. The molecule has 6 heteroatoms. The average Bonchev–Trinajstić information content (AvgIpc) is 2.27. The van der Waals surface area contributed by atoms with E-state index in [1.54, 1.807) is 24.3 Å². The van der Waals surface area contributed by atoms with E-state index >= 15 is 0 Å². The van der Waals surface area contributed by atoms with Crippen molar-refractivity contribution in [1.29, 1.82) is 0 Å². The fourth-order valence-corrected chi connectivity index (χ4v) is 2.67. The van der Waals surface area contributed by atoms with Crippen molar-refractivity contribution >= 4 is 23.6 Å². The molecule has 1 aromatic heterocycles. The third kappa shape index (κ3) is 2.52. The Kier molecular flexibility index (Phi) is 3.24. The van der Waals surface area contributed by atoms with E-state index in [1.165, 1.54) is 17.5 Å². The second kappa shape index (κ2) is 4.53. The van der Waals surface area contributed by atoms with Gasteiger partial charge < -0.3 is 14.6 Å². The molecule has 0 spiro atoms. The molecule has 17 heavy (non-hydrogen) atoms. The zero-order chi connectivity index (χ0) is 12.5. The monoisotopic (exact) mass is 252 g/mol. The molecule has 1 heterocycles. The van der Waals surface area contributed by atoms with E-state index in [4.69, 9.17) is 5.11 Å². The highest BCUT2D eigenvalue weighted by Crippen LogP contribution is 2.30. The van der Waals surface area contributed by atoms with Crippen molar-refractivity contribution in [3.8, 4) is 0 Å². The summed E-state index contributed by atoms with van der Waals surface area (Å²) < 4.78 is 13.2. The van der Waals surface area contributed by atoms with Crippen LogP contribution >= 0.6 is 7.37 Å². The van der Waals surface area contributed by atoms with Crippen molar-refractivity contribution in [2.45, 2.75) is 6.54 Å². The lowest BCUT2D eigenvalue weighted by Gasteiger charge is -2.17. The topological polar surface area (TPSA) is 77.1 Å². The molecule has 5 nitrogen and oxygen atoms in total. The predicted molar refractivity (Wildman–Crippen MR) is 62.2 cm³/mol. The van der Waals surface area contributed by atoms with E-state index < -0.39 is 7.37 Å². The normalized spacial score (nSPS) is 14.8. The first kappa shape index (κ1) is 12.2. The van der Waals surface area contributed by atoms with Gasteiger partial charge in [0.25, 0.3) is 0 Å². The summed E-state index contributed by atoms with van der Waals surface area (Å²) in [6.07, 6.45) is 1.46. The van der Waals surface area contributed by atoms with Crippen LogP contribution < -0.4 is 14.9 Å². The Morgan fingerprint density at radius 3 is 2.82 bits per heavy atom. The minimum atomic E-state index is -3.61. The standard InChI is InChI=1S/C11H13N2O3P/c1-17(15,16)11-8-13(6-7-14)12-10-5-3-2-4-9(10)11/h2-5,8,14H,6-7H2,1H3. The molecule has 0 radical (unpaired) electrons. The maximum Gasteiger partial charge on any atom is 0.206 e. The summed E-state index contributed by atoms with van der Waals surface area (Å²) in [7, 11) is -3.61. The first-order valence-electron chi connectivity index (χ1n) is 5.22. The van der Waals surface area contributed by atoms with Gasteiger partial charge in [0.15, 0.2) is 6.54 Å². The van der Waals surface area contributed by atoms with Gasteiger partial charge in [-0.1, -0.05) is 22.9 Å². The van der Waals surface area contributed by atoms with Crippen molar-refractivity contribution < 1.29 is 19.2 Å². The number of aromatic nitrogens is 2. The molecule has 0 bridgehead atoms. The van der Waals surface area contributed by atoms with E-state index in [0.29, 0.717) is 10.9 Å². The molecule has 2 rings (SSSR count). The zero-order valence-corrected chi connectivity index (χ0v) is 10.3. The molecule has 90 valence electrons. The van der Waals surface area contributed by atoms with Crippen LogP contribution in [0.4, 0.5) is 0 Å². The minimum Gasteiger partial charge on any atom is -0.796 e. The second-order valence-corrected chi connectivity index (χ2v) is 6.04. The van der Waals surface area contributed by atoms with Crippen LogP contribution in [-0.2, 0) is 11.1 Å². The van der Waals surface area contributed by atoms with Crippen LogP contribution in [0.5, 0.6) is 0 Å². The van der Waals surface area contributed by atoms with Gasteiger partial charge in [-0.25, -0.2) is 0 Å². The summed E-state index contributed by atoms with van der Waals surface area (Å²) >= 11 is 0. The molecule has 0 saturated carbocycles. The molecule has 0 aliphatic rings. The number of benzene rings is 1. The zero-order valence-electron chi connectivity index (χ0n) is 9.41. The Bertz CT molecular complexity index is 594. The van der Waals surface area contributed by atoms with Gasteiger partial charge >= 0.3 is 0 Å². The molecular formula is C11H13N2O3P. The summed E-state index contributed by atoms with van der Waals surface area (Å²) in [6.45, 7) is 1.39. The lowest BCUT2D eigenvalue weighted by atomic mass is 10.2. The number of fused-ring (bicyclic) bond motifs is 1. The van der Waals surface area contributed by atoms with Gasteiger partial charge in [0, 0.05) is 17.9 Å². The SMILES string of the molecule is CP(=O)([O-])c1c[n+](CCO)nc2ccccc12. The van der Waals surface area contributed by atoms with Gasteiger partial charge in [-0.3, -0.25) is 0 Å². The maximum atomic E-state index is 11.7. The van der Waals surface area contributed by atoms with E-state index in [0.717, 1.165) is 0 Å². The van der Waals surface area contributed by atoms with Gasteiger partial charge in [-0.2, -0.15) is 0 Å². The maximum absolute atomic E-state index is 11.7. The molecule has 0 aliphatic heterocycles. The van der Waals surface area contributed by atoms with Crippen LogP contribution in [0.2, 0.25) is 0 Å². The largest absolute Gasteiger partial charge is 0.796 e. The second-order valence-electron chi connectivity index (χ2n) is 3.86. The van der Waals surface area contributed by atoms with Gasteiger partial charge in [0.05, 0.1) is 5.30 Å². The Morgan fingerprint density at radius 2 is 2.18 bits per heavy atom. The number of aliphatic hydroxyl groups excluding tert-OH is 1. The van der Waals surface area contributed by atoms with Crippen LogP contribution in [-0.4, -0.2) is 23.5 Å². The predicted octanol–water partition coefficient (Wildman–Crippen LogP) is -0.592. The molecule has 1 atom stereocenters. The van der Waals surface area contributed by atoms with E-state index in [-0.39, 0.29) is 18.5 Å². The molecule has 2 aromatic rings. The van der Waals surface area contributed by atoms with Crippen molar-refractivity contribution in [3.63, 3.8) is 0 Å². The lowest BCUT2D eigenvalue weighted by molar-refractivity contribution is -0.751. The third-order valence-corrected chi connectivity index (χ3v) is 3.69. The van der Waals surface area contributed by atoms with Crippen molar-refractivity contribution in [1.82, 2.24) is 5.10 Å². The summed E-state index contributed by atoms with van der Waals surface area (Å²) in [5.41, 5.74) is 0.608. The van der Waals surface area contributed by atoms with Crippen LogP contribution in [0.25, 0.3) is 10.9 Å². The summed E-state index contributed by atoms with van der Waals surface area (Å²) in [5, 5.41) is 14.0. The first-order chi connectivity index (χ1) is 8.02. The van der Waals surface area contributed by atoms with Gasteiger partial charge in [0.1, 0.15) is 12.1 Å². The molecule has 1 aromatic carbocycles. The summed E-state index contributed by atoms with van der Waals surface area (Å²) in [4.78, 5) is 11.7. The Hall–Kier alpha value is -1.29. The molecule has 0 aliphatic carbocycles. The van der Waals surface area contributed by atoms with Crippen LogP contribution in [0.3, 0.4) is 0 Å².